The Morgan fingerprint density at radius 1 is 1.53 bits per heavy atom. The van der Waals surface area contributed by atoms with E-state index < -0.39 is 0 Å². The van der Waals surface area contributed by atoms with Crippen molar-refractivity contribution in [2.75, 3.05) is 26.5 Å². The van der Waals surface area contributed by atoms with Crippen molar-refractivity contribution in [2.24, 2.45) is 0 Å². The number of carbonyl (C=O) groups is 2. The molecule has 0 saturated carbocycles. The lowest BCUT2D eigenvalue weighted by atomic mass is 10.3. The Balaban J connectivity index is 3.83. The van der Waals surface area contributed by atoms with Gasteiger partial charge in [0.1, 0.15) is 0 Å². The minimum atomic E-state index is -0.268. The van der Waals surface area contributed by atoms with Gasteiger partial charge in [0.2, 0.25) is 5.91 Å². The summed E-state index contributed by atoms with van der Waals surface area (Å²) in [6.45, 7) is 2.32. The molecule has 96 valence electrons. The maximum Gasteiger partial charge on any atom is 0.306 e. The van der Waals surface area contributed by atoms with E-state index >= 15 is 0 Å². The second-order valence-electron chi connectivity index (χ2n) is 3.63. The summed E-state index contributed by atoms with van der Waals surface area (Å²) in [5, 5.41) is 8.45. The summed E-state index contributed by atoms with van der Waals surface area (Å²) in [5.74, 6) is 0.0253. The van der Waals surface area contributed by atoms with Gasteiger partial charge in [0, 0.05) is 18.8 Å². The van der Waals surface area contributed by atoms with Crippen LogP contribution >= 0.6 is 11.8 Å². The van der Waals surface area contributed by atoms with Crippen LogP contribution in [-0.4, -0.2) is 48.5 Å². The summed E-state index contributed by atoms with van der Waals surface area (Å²) in [5.41, 5.74) is 0. The lowest BCUT2D eigenvalue weighted by molar-refractivity contribution is -0.140. The smallest absolute Gasteiger partial charge is 0.306 e. The lowest BCUT2D eigenvalue weighted by Gasteiger charge is -2.16. The Labute approximate surface area is 106 Å². The van der Waals surface area contributed by atoms with Crippen LogP contribution in [0.25, 0.3) is 0 Å². The van der Waals surface area contributed by atoms with Crippen molar-refractivity contribution in [1.82, 2.24) is 4.90 Å². The normalized spacial score (nSPS) is 11.4. The monoisotopic (exact) mass is 258 g/mol. The number of ether oxygens (including phenoxy) is 1. The fourth-order valence-electron chi connectivity index (χ4n) is 1.04. The molecule has 0 aromatic rings. The molecular weight excluding hydrogens is 240 g/mol. The van der Waals surface area contributed by atoms with Gasteiger partial charge in [-0.05, 0) is 0 Å². The van der Waals surface area contributed by atoms with Gasteiger partial charge in [-0.2, -0.15) is 5.26 Å². The molecule has 0 aliphatic heterocycles. The van der Waals surface area contributed by atoms with Crippen molar-refractivity contribution in [3.05, 3.63) is 0 Å². The highest BCUT2D eigenvalue weighted by molar-refractivity contribution is 8.00. The summed E-state index contributed by atoms with van der Waals surface area (Å²) in [4.78, 5) is 24.1. The zero-order valence-electron chi connectivity index (χ0n) is 10.4. The van der Waals surface area contributed by atoms with E-state index in [2.05, 4.69) is 4.74 Å². The standard InChI is InChI=1S/C11H18N2O3S/c1-9(7-11(15)16-3)17-8-10(14)13(2)6-4-5-12/h9H,4,6-8H2,1-3H3. The van der Waals surface area contributed by atoms with Crippen LogP contribution in [0.15, 0.2) is 0 Å². The third-order valence-electron chi connectivity index (χ3n) is 2.16. The summed E-state index contributed by atoms with van der Waals surface area (Å²) in [7, 11) is 3.02. The van der Waals surface area contributed by atoms with E-state index in [0.717, 1.165) is 0 Å². The Morgan fingerprint density at radius 2 is 2.18 bits per heavy atom. The van der Waals surface area contributed by atoms with Gasteiger partial charge in [-0.3, -0.25) is 9.59 Å². The second-order valence-corrected chi connectivity index (χ2v) is 5.05. The molecule has 0 rings (SSSR count). The van der Waals surface area contributed by atoms with Crippen LogP contribution in [0, 0.1) is 11.3 Å². The highest BCUT2D eigenvalue weighted by Gasteiger charge is 2.13. The van der Waals surface area contributed by atoms with Crippen LogP contribution in [0.4, 0.5) is 0 Å². The minimum Gasteiger partial charge on any atom is -0.469 e. The van der Waals surface area contributed by atoms with Crippen molar-refractivity contribution in [2.45, 2.75) is 25.0 Å². The highest BCUT2D eigenvalue weighted by atomic mass is 32.2. The molecular formula is C11H18N2O3S. The van der Waals surface area contributed by atoms with Crippen LogP contribution < -0.4 is 0 Å². The predicted molar refractivity (Wildman–Crippen MR) is 66.4 cm³/mol. The van der Waals surface area contributed by atoms with Gasteiger partial charge in [-0.15, -0.1) is 11.8 Å². The van der Waals surface area contributed by atoms with Crippen molar-refractivity contribution in [3.8, 4) is 6.07 Å². The third-order valence-corrected chi connectivity index (χ3v) is 3.31. The average Bonchev–Trinajstić information content (AvgIpc) is 2.32. The van der Waals surface area contributed by atoms with Gasteiger partial charge < -0.3 is 9.64 Å². The molecule has 1 unspecified atom stereocenters. The first-order chi connectivity index (χ1) is 8.01. The quantitative estimate of drug-likeness (QED) is 0.638. The molecule has 5 nitrogen and oxygen atoms in total. The maximum absolute atomic E-state index is 11.6. The zero-order chi connectivity index (χ0) is 13.3. The van der Waals surface area contributed by atoms with Crippen molar-refractivity contribution < 1.29 is 14.3 Å². The number of nitrogens with zero attached hydrogens (tertiary/aromatic N) is 2. The Morgan fingerprint density at radius 3 is 2.71 bits per heavy atom. The van der Waals surface area contributed by atoms with E-state index in [4.69, 9.17) is 5.26 Å². The fourth-order valence-corrected chi connectivity index (χ4v) is 1.94. The van der Waals surface area contributed by atoms with E-state index in [1.807, 2.05) is 13.0 Å². The Bertz CT molecular complexity index is 302. The molecule has 0 radical (unpaired) electrons. The van der Waals surface area contributed by atoms with Gasteiger partial charge >= 0.3 is 5.97 Å². The molecule has 0 aromatic heterocycles. The van der Waals surface area contributed by atoms with Crippen LogP contribution in [0.1, 0.15) is 19.8 Å². The molecule has 0 N–H and O–H groups in total. The van der Waals surface area contributed by atoms with E-state index in [1.54, 1.807) is 7.05 Å². The molecule has 0 saturated heterocycles. The predicted octanol–water partition coefficient (Wildman–Crippen LogP) is 1.04. The number of carbonyl (C=O) groups excluding carboxylic acids is 2. The fraction of sp³-hybridized carbons (Fsp3) is 0.727. The molecule has 0 aromatic carbocycles. The first kappa shape index (κ1) is 15.8. The van der Waals surface area contributed by atoms with Gasteiger partial charge in [-0.25, -0.2) is 0 Å². The SMILES string of the molecule is COC(=O)CC(C)SCC(=O)N(C)CCC#N. The summed E-state index contributed by atoms with van der Waals surface area (Å²) < 4.78 is 4.54. The second kappa shape index (κ2) is 8.88. The molecule has 0 spiro atoms. The molecule has 0 bridgehead atoms. The number of nitriles is 1. The lowest BCUT2D eigenvalue weighted by Crippen LogP contribution is -2.29. The van der Waals surface area contributed by atoms with Gasteiger partial charge in [0.25, 0.3) is 0 Å². The largest absolute Gasteiger partial charge is 0.469 e. The number of hydrogen-bond donors (Lipinski definition) is 0. The highest BCUT2D eigenvalue weighted by Crippen LogP contribution is 2.15. The molecule has 1 amide bonds. The summed E-state index contributed by atoms with van der Waals surface area (Å²) in [6, 6.07) is 1.99. The molecule has 1 atom stereocenters. The number of thioether (sulfide) groups is 1. The summed E-state index contributed by atoms with van der Waals surface area (Å²) >= 11 is 1.42. The van der Waals surface area contributed by atoms with Crippen LogP contribution in [-0.2, 0) is 14.3 Å². The van der Waals surface area contributed by atoms with Crippen molar-refractivity contribution in [1.29, 1.82) is 5.26 Å². The van der Waals surface area contributed by atoms with Crippen LogP contribution in [0.3, 0.4) is 0 Å². The minimum absolute atomic E-state index is 0.0260. The van der Waals surface area contributed by atoms with E-state index in [1.165, 1.54) is 23.8 Å². The zero-order valence-corrected chi connectivity index (χ0v) is 11.2. The topological polar surface area (TPSA) is 70.4 Å². The number of esters is 1. The van der Waals surface area contributed by atoms with Crippen LogP contribution in [0.5, 0.6) is 0 Å². The molecule has 0 fully saturated rings. The third kappa shape index (κ3) is 7.64. The van der Waals surface area contributed by atoms with Crippen molar-refractivity contribution in [3.63, 3.8) is 0 Å². The maximum atomic E-state index is 11.6. The molecule has 0 aliphatic carbocycles. The number of hydrogen-bond acceptors (Lipinski definition) is 5. The van der Waals surface area contributed by atoms with E-state index in [-0.39, 0.29) is 17.1 Å². The van der Waals surface area contributed by atoms with Gasteiger partial charge in [-0.1, -0.05) is 6.92 Å². The van der Waals surface area contributed by atoms with Gasteiger partial charge in [0.05, 0.1) is 31.8 Å². The van der Waals surface area contributed by atoms with Gasteiger partial charge in [0.15, 0.2) is 0 Å². The molecule has 17 heavy (non-hydrogen) atoms. The number of methoxy groups -OCH3 is 1. The van der Waals surface area contributed by atoms with E-state index in [9.17, 15) is 9.59 Å². The molecule has 6 heteroatoms. The van der Waals surface area contributed by atoms with Crippen molar-refractivity contribution >= 4 is 23.6 Å². The average molecular weight is 258 g/mol. The first-order valence-corrected chi connectivity index (χ1v) is 6.35. The summed E-state index contributed by atoms with van der Waals surface area (Å²) in [6.07, 6.45) is 0.640. The molecule has 0 heterocycles. The number of rotatable bonds is 7. The Hall–Kier alpha value is -1.22. The first-order valence-electron chi connectivity index (χ1n) is 5.30. The Kier molecular flexibility index (Phi) is 8.24. The van der Waals surface area contributed by atoms with E-state index in [0.29, 0.717) is 25.1 Å². The van der Waals surface area contributed by atoms with Crippen LogP contribution in [0.2, 0.25) is 0 Å². The molecule has 0 aliphatic rings. The number of amides is 1.